The lowest BCUT2D eigenvalue weighted by Crippen LogP contribution is -2.46. The van der Waals surface area contributed by atoms with Crippen molar-refractivity contribution in [2.24, 2.45) is 0 Å². The highest BCUT2D eigenvalue weighted by Crippen LogP contribution is 2.14. The van der Waals surface area contributed by atoms with E-state index in [1.165, 1.54) is 37.9 Å². The summed E-state index contributed by atoms with van der Waals surface area (Å²) in [7, 11) is 1.71. The monoisotopic (exact) mass is 290 g/mol. The molecule has 2 rings (SSSR count). The molecule has 1 aromatic rings. The van der Waals surface area contributed by atoms with Gasteiger partial charge in [0.05, 0.1) is 7.11 Å². The second kappa shape index (κ2) is 8.40. The van der Waals surface area contributed by atoms with Crippen LogP contribution < -0.4 is 10.1 Å². The topological polar surface area (TPSA) is 24.5 Å². The van der Waals surface area contributed by atoms with Gasteiger partial charge in [-0.2, -0.15) is 0 Å². The third-order valence-electron chi connectivity index (χ3n) is 4.44. The smallest absolute Gasteiger partial charge is 0.118 e. The van der Waals surface area contributed by atoms with Crippen molar-refractivity contribution >= 4 is 0 Å². The molecule has 0 amide bonds. The Labute approximate surface area is 129 Å². The minimum Gasteiger partial charge on any atom is -0.497 e. The number of nitrogens with one attached hydrogen (secondary N) is 1. The number of nitrogens with zero attached hydrogens (tertiary/aromatic N) is 1. The Morgan fingerprint density at radius 3 is 2.57 bits per heavy atom. The average molecular weight is 290 g/mol. The number of methoxy groups -OCH3 is 1. The molecule has 1 aliphatic heterocycles. The summed E-state index contributed by atoms with van der Waals surface area (Å²) in [5.41, 5.74) is 1.39. The van der Waals surface area contributed by atoms with Crippen molar-refractivity contribution in [1.29, 1.82) is 0 Å². The first kappa shape index (κ1) is 16.3. The SMILES string of the molecule is COc1ccc(CCN(CC2CCCCN2)C(C)C)cc1. The zero-order valence-electron chi connectivity index (χ0n) is 13.8. The molecule has 1 unspecified atom stereocenters. The van der Waals surface area contributed by atoms with Gasteiger partial charge in [0.25, 0.3) is 0 Å². The number of piperidine rings is 1. The summed E-state index contributed by atoms with van der Waals surface area (Å²) in [6.07, 6.45) is 5.15. The molecule has 1 N–H and O–H groups in total. The van der Waals surface area contributed by atoms with Crippen LogP contribution in [0.25, 0.3) is 0 Å². The molecule has 0 aromatic heterocycles. The Balaban J connectivity index is 1.83. The van der Waals surface area contributed by atoms with Crippen molar-refractivity contribution in [2.75, 3.05) is 26.7 Å². The molecule has 0 spiro atoms. The van der Waals surface area contributed by atoms with E-state index >= 15 is 0 Å². The fraction of sp³-hybridized carbons (Fsp3) is 0.667. The van der Waals surface area contributed by atoms with Crippen molar-refractivity contribution in [3.05, 3.63) is 29.8 Å². The van der Waals surface area contributed by atoms with Crippen molar-refractivity contribution in [3.8, 4) is 5.75 Å². The molecule has 3 nitrogen and oxygen atoms in total. The third-order valence-corrected chi connectivity index (χ3v) is 4.44. The molecule has 1 aliphatic rings. The molecule has 0 aliphatic carbocycles. The van der Waals surface area contributed by atoms with Crippen LogP contribution in [0.1, 0.15) is 38.7 Å². The summed E-state index contributed by atoms with van der Waals surface area (Å²) in [5.74, 6) is 0.936. The summed E-state index contributed by atoms with van der Waals surface area (Å²) < 4.78 is 5.21. The standard InChI is InChI=1S/C18H30N2O/c1-15(2)20(14-17-6-4-5-12-19-17)13-11-16-7-9-18(21-3)10-8-16/h7-10,15,17,19H,4-6,11-14H2,1-3H3. The number of hydrogen-bond acceptors (Lipinski definition) is 3. The van der Waals surface area contributed by atoms with E-state index in [9.17, 15) is 0 Å². The summed E-state index contributed by atoms with van der Waals surface area (Å²) >= 11 is 0. The highest BCUT2D eigenvalue weighted by atomic mass is 16.5. The largest absolute Gasteiger partial charge is 0.497 e. The highest BCUT2D eigenvalue weighted by molar-refractivity contribution is 5.27. The van der Waals surface area contributed by atoms with Gasteiger partial charge in [0, 0.05) is 25.2 Å². The fourth-order valence-electron chi connectivity index (χ4n) is 2.99. The highest BCUT2D eigenvalue weighted by Gasteiger charge is 2.18. The molecule has 0 saturated carbocycles. The second-order valence-electron chi connectivity index (χ2n) is 6.33. The van der Waals surface area contributed by atoms with Gasteiger partial charge in [-0.05, 0) is 57.4 Å². The molecule has 1 atom stereocenters. The maximum absolute atomic E-state index is 5.21. The van der Waals surface area contributed by atoms with Crippen LogP contribution in [0.3, 0.4) is 0 Å². The van der Waals surface area contributed by atoms with E-state index < -0.39 is 0 Å². The number of rotatable bonds is 7. The quantitative estimate of drug-likeness (QED) is 0.835. The van der Waals surface area contributed by atoms with Crippen molar-refractivity contribution in [1.82, 2.24) is 10.2 Å². The predicted octanol–water partition coefficient (Wildman–Crippen LogP) is 3.09. The maximum atomic E-state index is 5.21. The van der Waals surface area contributed by atoms with Crippen LogP contribution in [-0.2, 0) is 6.42 Å². The van der Waals surface area contributed by atoms with E-state index in [1.807, 2.05) is 0 Å². The lowest BCUT2D eigenvalue weighted by atomic mass is 10.0. The van der Waals surface area contributed by atoms with Gasteiger partial charge in [0.2, 0.25) is 0 Å². The van der Waals surface area contributed by atoms with Crippen LogP contribution in [0.5, 0.6) is 5.75 Å². The van der Waals surface area contributed by atoms with Gasteiger partial charge in [0.15, 0.2) is 0 Å². The van der Waals surface area contributed by atoms with Gasteiger partial charge in [-0.1, -0.05) is 18.6 Å². The van der Waals surface area contributed by atoms with E-state index in [2.05, 4.69) is 48.3 Å². The Hall–Kier alpha value is -1.06. The number of ether oxygens (including phenoxy) is 1. The molecule has 1 aromatic carbocycles. The van der Waals surface area contributed by atoms with E-state index in [0.29, 0.717) is 12.1 Å². The molecule has 1 saturated heterocycles. The first-order valence-corrected chi connectivity index (χ1v) is 8.29. The Morgan fingerprint density at radius 1 is 1.24 bits per heavy atom. The van der Waals surface area contributed by atoms with Crippen molar-refractivity contribution in [2.45, 2.75) is 51.6 Å². The number of hydrogen-bond donors (Lipinski definition) is 1. The molecular weight excluding hydrogens is 260 g/mol. The summed E-state index contributed by atoms with van der Waals surface area (Å²) in [4.78, 5) is 2.60. The average Bonchev–Trinajstić information content (AvgIpc) is 2.52. The van der Waals surface area contributed by atoms with Gasteiger partial charge in [-0.15, -0.1) is 0 Å². The van der Waals surface area contributed by atoms with Crippen LogP contribution in [0.4, 0.5) is 0 Å². The molecular formula is C18H30N2O. The first-order chi connectivity index (χ1) is 10.2. The molecule has 0 radical (unpaired) electrons. The zero-order valence-corrected chi connectivity index (χ0v) is 13.8. The minimum atomic E-state index is 0.604. The predicted molar refractivity (Wildman–Crippen MR) is 89.0 cm³/mol. The Morgan fingerprint density at radius 2 is 2.00 bits per heavy atom. The molecule has 0 bridgehead atoms. The molecule has 1 heterocycles. The van der Waals surface area contributed by atoms with Crippen LogP contribution in [0.15, 0.2) is 24.3 Å². The summed E-state index contributed by atoms with van der Waals surface area (Å²) in [6, 6.07) is 9.74. The van der Waals surface area contributed by atoms with Gasteiger partial charge >= 0.3 is 0 Å². The third kappa shape index (κ3) is 5.33. The van der Waals surface area contributed by atoms with Gasteiger partial charge in [-0.3, -0.25) is 4.90 Å². The van der Waals surface area contributed by atoms with Gasteiger partial charge in [-0.25, -0.2) is 0 Å². The van der Waals surface area contributed by atoms with E-state index in [0.717, 1.165) is 18.7 Å². The van der Waals surface area contributed by atoms with Gasteiger partial charge in [0.1, 0.15) is 5.75 Å². The van der Waals surface area contributed by atoms with Crippen LogP contribution in [0.2, 0.25) is 0 Å². The first-order valence-electron chi connectivity index (χ1n) is 8.29. The normalized spacial score (nSPS) is 19.2. The van der Waals surface area contributed by atoms with Crippen molar-refractivity contribution in [3.63, 3.8) is 0 Å². The zero-order chi connectivity index (χ0) is 15.1. The molecule has 21 heavy (non-hydrogen) atoms. The lowest BCUT2D eigenvalue weighted by Gasteiger charge is -2.33. The van der Waals surface area contributed by atoms with Gasteiger partial charge < -0.3 is 10.1 Å². The van der Waals surface area contributed by atoms with E-state index in [-0.39, 0.29) is 0 Å². The number of benzene rings is 1. The van der Waals surface area contributed by atoms with Crippen molar-refractivity contribution < 1.29 is 4.74 Å². The lowest BCUT2D eigenvalue weighted by molar-refractivity contribution is 0.187. The van der Waals surface area contributed by atoms with Crippen LogP contribution in [-0.4, -0.2) is 43.7 Å². The van der Waals surface area contributed by atoms with Crippen LogP contribution >= 0.6 is 0 Å². The fourth-order valence-corrected chi connectivity index (χ4v) is 2.99. The Kier molecular flexibility index (Phi) is 6.52. The molecule has 3 heteroatoms. The summed E-state index contributed by atoms with van der Waals surface area (Å²) in [5, 5.41) is 3.66. The van der Waals surface area contributed by atoms with E-state index in [4.69, 9.17) is 4.74 Å². The van der Waals surface area contributed by atoms with E-state index in [1.54, 1.807) is 7.11 Å². The second-order valence-corrected chi connectivity index (χ2v) is 6.33. The molecule has 118 valence electrons. The molecule has 1 fully saturated rings. The Bertz CT molecular complexity index is 396. The maximum Gasteiger partial charge on any atom is 0.118 e. The van der Waals surface area contributed by atoms with Crippen LogP contribution in [0, 0.1) is 0 Å². The minimum absolute atomic E-state index is 0.604. The summed E-state index contributed by atoms with van der Waals surface area (Å²) in [6.45, 7) is 8.10.